The number of carbonyl (C=O) groups is 2. The lowest BCUT2D eigenvalue weighted by molar-refractivity contribution is -0.118. The first-order valence-electron chi connectivity index (χ1n) is 8.74. The number of benzene rings is 1. The summed E-state index contributed by atoms with van der Waals surface area (Å²) >= 11 is 0. The van der Waals surface area contributed by atoms with Crippen molar-refractivity contribution in [2.24, 2.45) is 4.99 Å². The van der Waals surface area contributed by atoms with Gasteiger partial charge in [0.2, 0.25) is 0 Å². The van der Waals surface area contributed by atoms with Crippen molar-refractivity contribution in [1.82, 2.24) is 4.98 Å². The number of aromatic nitrogens is 1. The predicted octanol–water partition coefficient (Wildman–Crippen LogP) is 2.77. The van der Waals surface area contributed by atoms with Crippen molar-refractivity contribution in [3.63, 3.8) is 0 Å². The van der Waals surface area contributed by atoms with Gasteiger partial charge in [-0.2, -0.15) is 0 Å². The summed E-state index contributed by atoms with van der Waals surface area (Å²) in [6.07, 6.45) is 0.652. The monoisotopic (exact) mass is 350 g/mol. The van der Waals surface area contributed by atoms with E-state index in [0.717, 1.165) is 11.1 Å². The molecule has 0 saturated carbocycles. The minimum atomic E-state index is -0.281. The van der Waals surface area contributed by atoms with E-state index in [1.54, 1.807) is 0 Å². The van der Waals surface area contributed by atoms with Crippen molar-refractivity contribution < 1.29 is 14.7 Å². The van der Waals surface area contributed by atoms with Gasteiger partial charge >= 0.3 is 0 Å². The molecule has 0 spiro atoms. The fourth-order valence-electron chi connectivity index (χ4n) is 3.38. The van der Waals surface area contributed by atoms with E-state index >= 15 is 0 Å². The molecule has 134 valence electrons. The number of nitrogens with zero attached hydrogens (tertiary/aromatic N) is 2. The summed E-state index contributed by atoms with van der Waals surface area (Å²) in [6.45, 7) is 3.60. The molecule has 1 aliphatic rings. The molecule has 1 aliphatic heterocycles. The summed E-state index contributed by atoms with van der Waals surface area (Å²) in [6, 6.07) is 11.8. The first-order chi connectivity index (χ1) is 12.5. The first kappa shape index (κ1) is 18.1. The van der Waals surface area contributed by atoms with E-state index in [1.165, 1.54) is 6.92 Å². The molecule has 2 aromatic rings. The maximum atomic E-state index is 12.5. The quantitative estimate of drug-likeness (QED) is 0.833. The van der Waals surface area contributed by atoms with Crippen LogP contribution in [0, 0.1) is 0 Å². The zero-order chi connectivity index (χ0) is 18.7. The summed E-state index contributed by atoms with van der Waals surface area (Å²) in [5, 5.41) is 9.64. The molecule has 0 aliphatic carbocycles. The smallest absolute Gasteiger partial charge is 0.178 e. The molecule has 26 heavy (non-hydrogen) atoms. The molecule has 1 aromatic carbocycles. The number of pyridine rings is 1. The Hall–Kier alpha value is -2.66. The van der Waals surface area contributed by atoms with Gasteiger partial charge in [-0.15, -0.1) is 0 Å². The van der Waals surface area contributed by atoms with Gasteiger partial charge < -0.3 is 5.11 Å². The van der Waals surface area contributed by atoms with E-state index in [0.29, 0.717) is 35.6 Å². The first-order valence-corrected chi connectivity index (χ1v) is 8.74. The standard InChI is InChI=1S/C21H22N2O3/c1-13(15-6-4-3-5-7-15)8-18(26)10-17-9-16-11-22-21(14(2)25)20(16)19(12-24)23-17/h3-7,9,13,24H,8,10-12H2,1-2H3/t13-/m0/s1. The molecule has 5 nitrogen and oxygen atoms in total. The van der Waals surface area contributed by atoms with E-state index in [1.807, 2.05) is 43.3 Å². The topological polar surface area (TPSA) is 79.6 Å². The predicted molar refractivity (Wildman–Crippen MR) is 99.3 cm³/mol. The van der Waals surface area contributed by atoms with Crippen LogP contribution in [0.25, 0.3) is 0 Å². The van der Waals surface area contributed by atoms with Crippen LogP contribution in [0.3, 0.4) is 0 Å². The zero-order valence-corrected chi connectivity index (χ0v) is 15.0. The van der Waals surface area contributed by atoms with Crippen molar-refractivity contribution in [3.05, 3.63) is 64.5 Å². The average Bonchev–Trinajstić information content (AvgIpc) is 3.05. The van der Waals surface area contributed by atoms with Gasteiger partial charge in [0, 0.05) is 31.0 Å². The molecule has 1 N–H and O–H groups in total. The Morgan fingerprint density at radius 3 is 2.62 bits per heavy atom. The maximum absolute atomic E-state index is 12.5. The molecule has 0 amide bonds. The van der Waals surface area contributed by atoms with E-state index in [-0.39, 0.29) is 30.5 Å². The number of aliphatic hydroxyl groups excluding tert-OH is 1. The van der Waals surface area contributed by atoms with Crippen LogP contribution in [0.5, 0.6) is 0 Å². The molecule has 0 radical (unpaired) electrons. The van der Waals surface area contributed by atoms with E-state index in [2.05, 4.69) is 9.98 Å². The summed E-state index contributed by atoms with van der Waals surface area (Å²) in [5.74, 6) is 0.104. The van der Waals surface area contributed by atoms with Crippen LogP contribution in [-0.2, 0) is 29.2 Å². The molecule has 5 heteroatoms. The largest absolute Gasteiger partial charge is 0.390 e. The molecule has 0 fully saturated rings. The Labute approximate surface area is 152 Å². The third kappa shape index (κ3) is 3.78. The highest BCUT2D eigenvalue weighted by atomic mass is 16.3. The molecule has 1 atom stereocenters. The lowest BCUT2D eigenvalue weighted by atomic mass is 9.93. The lowest BCUT2D eigenvalue weighted by Gasteiger charge is -2.12. The van der Waals surface area contributed by atoms with Crippen molar-refractivity contribution in [2.75, 3.05) is 0 Å². The molecule has 0 bridgehead atoms. The second kappa shape index (κ2) is 7.70. The van der Waals surface area contributed by atoms with E-state index in [4.69, 9.17) is 0 Å². The van der Waals surface area contributed by atoms with Crippen LogP contribution in [-0.4, -0.2) is 27.4 Å². The van der Waals surface area contributed by atoms with Crippen LogP contribution in [0.4, 0.5) is 0 Å². The van der Waals surface area contributed by atoms with Crippen LogP contribution < -0.4 is 0 Å². The van der Waals surface area contributed by atoms with Gasteiger partial charge in [-0.05, 0) is 23.1 Å². The molecule has 0 saturated heterocycles. The Kier molecular flexibility index (Phi) is 5.38. The van der Waals surface area contributed by atoms with Crippen LogP contribution in [0.2, 0.25) is 0 Å². The number of hydrogen-bond acceptors (Lipinski definition) is 5. The minimum absolute atomic E-state index is 0.100. The lowest BCUT2D eigenvalue weighted by Crippen LogP contribution is -2.16. The second-order valence-electron chi connectivity index (χ2n) is 6.70. The van der Waals surface area contributed by atoms with Crippen LogP contribution in [0.1, 0.15) is 54.3 Å². The van der Waals surface area contributed by atoms with Gasteiger partial charge in [0.25, 0.3) is 0 Å². The van der Waals surface area contributed by atoms with Crippen LogP contribution >= 0.6 is 0 Å². The maximum Gasteiger partial charge on any atom is 0.178 e. The average molecular weight is 350 g/mol. The van der Waals surface area contributed by atoms with E-state index in [9.17, 15) is 14.7 Å². The number of hydrogen-bond donors (Lipinski definition) is 1. The van der Waals surface area contributed by atoms with Gasteiger partial charge in [0.15, 0.2) is 5.78 Å². The fourth-order valence-corrected chi connectivity index (χ4v) is 3.38. The molecular formula is C21H22N2O3. The number of Topliss-reactive ketones (excluding diaryl/α,β-unsaturated/α-hetero) is 2. The number of aliphatic hydroxyl groups is 1. The summed E-state index contributed by atoms with van der Waals surface area (Å²) in [7, 11) is 0. The van der Waals surface area contributed by atoms with E-state index < -0.39 is 0 Å². The normalized spacial score (nSPS) is 13.9. The summed E-state index contributed by atoms with van der Waals surface area (Å²) in [5.41, 5.74) is 4.04. The highest BCUT2D eigenvalue weighted by Crippen LogP contribution is 2.25. The summed E-state index contributed by atoms with van der Waals surface area (Å²) in [4.78, 5) is 32.8. The van der Waals surface area contributed by atoms with Gasteiger partial charge in [-0.3, -0.25) is 19.6 Å². The molecule has 3 rings (SSSR count). The molecular weight excluding hydrogens is 328 g/mol. The van der Waals surface area contributed by atoms with Crippen LogP contribution in [0.15, 0.2) is 41.4 Å². The second-order valence-corrected chi connectivity index (χ2v) is 6.70. The molecule has 1 aromatic heterocycles. The van der Waals surface area contributed by atoms with Crippen molar-refractivity contribution >= 4 is 17.3 Å². The minimum Gasteiger partial charge on any atom is -0.390 e. The Bertz CT molecular complexity index is 872. The Morgan fingerprint density at radius 2 is 1.96 bits per heavy atom. The number of ketones is 2. The van der Waals surface area contributed by atoms with Crippen molar-refractivity contribution in [1.29, 1.82) is 0 Å². The van der Waals surface area contributed by atoms with Crippen molar-refractivity contribution in [3.8, 4) is 0 Å². The number of carbonyl (C=O) groups excluding carboxylic acids is 2. The highest BCUT2D eigenvalue weighted by molar-refractivity contribution is 6.46. The summed E-state index contributed by atoms with van der Waals surface area (Å²) < 4.78 is 0. The van der Waals surface area contributed by atoms with Crippen molar-refractivity contribution in [2.45, 2.75) is 45.8 Å². The van der Waals surface area contributed by atoms with Gasteiger partial charge in [0.05, 0.1) is 18.8 Å². The third-order valence-corrected chi connectivity index (χ3v) is 4.64. The van der Waals surface area contributed by atoms with Gasteiger partial charge in [-0.25, -0.2) is 0 Å². The Morgan fingerprint density at radius 1 is 1.23 bits per heavy atom. The zero-order valence-electron chi connectivity index (χ0n) is 15.0. The Balaban J connectivity index is 1.75. The number of rotatable bonds is 7. The number of fused-ring (bicyclic) bond motifs is 1. The fraction of sp³-hybridized carbons (Fsp3) is 0.333. The molecule has 0 unspecified atom stereocenters. The highest BCUT2D eigenvalue weighted by Gasteiger charge is 2.25. The molecule has 2 heterocycles. The number of aliphatic imine (C=N–C) groups is 1. The SMILES string of the molecule is CC(=O)C1=NCc2cc(CC(=O)C[C@H](C)c3ccccc3)nc(CO)c21. The van der Waals surface area contributed by atoms with Gasteiger partial charge in [-0.1, -0.05) is 37.3 Å². The third-order valence-electron chi connectivity index (χ3n) is 4.64. The van der Waals surface area contributed by atoms with Gasteiger partial charge in [0.1, 0.15) is 11.5 Å².